The zero-order valence-electron chi connectivity index (χ0n) is 10.5. The smallest absolute Gasteiger partial charge is 0.231 e. The van der Waals surface area contributed by atoms with Crippen molar-refractivity contribution in [2.24, 2.45) is 0 Å². The van der Waals surface area contributed by atoms with Crippen molar-refractivity contribution in [3.8, 4) is 22.8 Å². The van der Waals surface area contributed by atoms with E-state index in [2.05, 4.69) is 4.98 Å². The first kappa shape index (κ1) is 11.6. The molecule has 1 aliphatic heterocycles. The highest BCUT2D eigenvalue weighted by Gasteiger charge is 2.17. The monoisotopic (exact) mass is 283 g/mol. The number of fused-ring (bicyclic) bond motifs is 2. The third kappa shape index (κ3) is 1.71. The topological polar surface area (TPSA) is 31.4 Å². The Labute approximate surface area is 120 Å². The molecule has 4 rings (SSSR count). The van der Waals surface area contributed by atoms with E-state index >= 15 is 0 Å². The molecule has 0 bridgehead atoms. The molecule has 2 aromatic carbocycles. The van der Waals surface area contributed by atoms with Crippen molar-refractivity contribution in [3.05, 3.63) is 53.7 Å². The summed E-state index contributed by atoms with van der Waals surface area (Å²) in [5.74, 6) is 1.47. The van der Waals surface area contributed by atoms with Gasteiger partial charge >= 0.3 is 0 Å². The average molecular weight is 284 g/mol. The van der Waals surface area contributed by atoms with Crippen molar-refractivity contribution in [1.29, 1.82) is 0 Å². The van der Waals surface area contributed by atoms with E-state index in [9.17, 15) is 0 Å². The summed E-state index contributed by atoms with van der Waals surface area (Å²) < 4.78 is 10.8. The van der Waals surface area contributed by atoms with Crippen LogP contribution in [0.4, 0.5) is 0 Å². The molecule has 1 aromatic heterocycles. The fraction of sp³-hybridized carbons (Fsp3) is 0.0625. The number of ether oxygens (including phenoxy) is 2. The molecular formula is C16H10ClNO2. The minimum atomic E-state index is 0.252. The molecule has 0 aliphatic carbocycles. The summed E-state index contributed by atoms with van der Waals surface area (Å²) >= 11 is 6.52. The van der Waals surface area contributed by atoms with E-state index in [4.69, 9.17) is 21.1 Å². The van der Waals surface area contributed by atoms with Crippen LogP contribution in [0.15, 0.2) is 48.7 Å². The lowest BCUT2D eigenvalue weighted by Crippen LogP contribution is -1.92. The molecule has 0 N–H and O–H groups in total. The van der Waals surface area contributed by atoms with E-state index in [0.29, 0.717) is 5.02 Å². The SMILES string of the molecule is Clc1c(-c2ccccc2)ncc2cc3c(cc12)OCO3. The average Bonchev–Trinajstić information content (AvgIpc) is 2.94. The molecule has 0 saturated heterocycles. The standard InChI is InChI=1S/C16H10ClNO2/c17-15-12-7-14-13(19-9-20-14)6-11(12)8-18-16(15)10-4-2-1-3-5-10/h1-8H,9H2. The molecule has 0 saturated carbocycles. The molecule has 0 amide bonds. The maximum Gasteiger partial charge on any atom is 0.231 e. The van der Waals surface area contributed by atoms with Gasteiger partial charge in [-0.25, -0.2) is 0 Å². The Hall–Kier alpha value is -2.26. The van der Waals surface area contributed by atoms with Gasteiger partial charge in [-0.2, -0.15) is 0 Å². The van der Waals surface area contributed by atoms with E-state index in [1.807, 2.05) is 48.7 Å². The van der Waals surface area contributed by atoms with Crippen LogP contribution in [-0.4, -0.2) is 11.8 Å². The molecule has 3 aromatic rings. The van der Waals surface area contributed by atoms with Crippen molar-refractivity contribution in [3.63, 3.8) is 0 Å². The van der Waals surface area contributed by atoms with Crippen molar-refractivity contribution in [1.82, 2.24) is 4.98 Å². The predicted molar refractivity (Wildman–Crippen MR) is 78.3 cm³/mol. The lowest BCUT2D eigenvalue weighted by molar-refractivity contribution is 0.174. The molecule has 0 unspecified atom stereocenters. The van der Waals surface area contributed by atoms with Crippen molar-refractivity contribution < 1.29 is 9.47 Å². The maximum absolute atomic E-state index is 6.52. The normalized spacial score (nSPS) is 12.8. The second kappa shape index (κ2) is 4.39. The van der Waals surface area contributed by atoms with Gasteiger partial charge in [0, 0.05) is 22.5 Å². The van der Waals surface area contributed by atoms with Crippen LogP contribution in [0, 0.1) is 0 Å². The second-order valence-corrected chi connectivity index (χ2v) is 4.96. The minimum Gasteiger partial charge on any atom is -0.454 e. The van der Waals surface area contributed by atoms with Gasteiger partial charge in [-0.3, -0.25) is 4.98 Å². The van der Waals surface area contributed by atoms with Gasteiger partial charge in [-0.05, 0) is 12.1 Å². The van der Waals surface area contributed by atoms with Gasteiger partial charge in [-0.1, -0.05) is 41.9 Å². The number of pyridine rings is 1. The molecular weight excluding hydrogens is 274 g/mol. The first-order valence-corrected chi connectivity index (χ1v) is 6.64. The number of aromatic nitrogens is 1. The Kier molecular flexibility index (Phi) is 2.54. The Morgan fingerprint density at radius 3 is 2.55 bits per heavy atom. The summed E-state index contributed by atoms with van der Waals surface area (Å²) in [6, 6.07) is 13.7. The van der Waals surface area contributed by atoms with Gasteiger partial charge in [0.25, 0.3) is 0 Å². The van der Waals surface area contributed by atoms with Crippen LogP contribution in [0.2, 0.25) is 5.02 Å². The first-order valence-electron chi connectivity index (χ1n) is 6.26. The van der Waals surface area contributed by atoms with Gasteiger partial charge in [0.1, 0.15) is 0 Å². The Morgan fingerprint density at radius 2 is 1.75 bits per heavy atom. The second-order valence-electron chi connectivity index (χ2n) is 4.58. The third-order valence-electron chi connectivity index (χ3n) is 3.37. The van der Waals surface area contributed by atoms with Crippen LogP contribution in [0.3, 0.4) is 0 Å². The van der Waals surface area contributed by atoms with Crippen LogP contribution in [0.1, 0.15) is 0 Å². The summed E-state index contributed by atoms with van der Waals surface area (Å²) in [4.78, 5) is 4.47. The quantitative estimate of drug-likeness (QED) is 0.668. The fourth-order valence-corrected chi connectivity index (χ4v) is 2.69. The fourth-order valence-electron chi connectivity index (χ4n) is 2.37. The molecule has 0 spiro atoms. The summed E-state index contributed by atoms with van der Waals surface area (Å²) in [6.07, 6.45) is 1.81. The zero-order chi connectivity index (χ0) is 13.5. The molecule has 0 fully saturated rings. The van der Waals surface area contributed by atoms with Crippen LogP contribution in [-0.2, 0) is 0 Å². The maximum atomic E-state index is 6.52. The Bertz CT molecular complexity index is 802. The van der Waals surface area contributed by atoms with Crippen molar-refractivity contribution in [2.75, 3.05) is 6.79 Å². The highest BCUT2D eigenvalue weighted by atomic mass is 35.5. The zero-order valence-corrected chi connectivity index (χ0v) is 11.2. The summed E-state index contributed by atoms with van der Waals surface area (Å²) in [5, 5.41) is 2.50. The predicted octanol–water partition coefficient (Wildman–Crippen LogP) is 4.28. The first-order chi connectivity index (χ1) is 9.83. The van der Waals surface area contributed by atoms with Gasteiger partial charge in [-0.15, -0.1) is 0 Å². The lowest BCUT2D eigenvalue weighted by atomic mass is 10.1. The van der Waals surface area contributed by atoms with E-state index < -0.39 is 0 Å². The molecule has 20 heavy (non-hydrogen) atoms. The Morgan fingerprint density at radius 1 is 1.00 bits per heavy atom. The number of nitrogens with zero attached hydrogens (tertiary/aromatic N) is 1. The van der Waals surface area contributed by atoms with E-state index in [0.717, 1.165) is 33.5 Å². The molecule has 4 heteroatoms. The summed E-state index contributed by atoms with van der Waals surface area (Å²) in [7, 11) is 0. The van der Waals surface area contributed by atoms with Gasteiger partial charge in [0.15, 0.2) is 11.5 Å². The van der Waals surface area contributed by atoms with Crippen LogP contribution >= 0.6 is 11.6 Å². The van der Waals surface area contributed by atoms with Gasteiger partial charge in [0.2, 0.25) is 6.79 Å². The number of benzene rings is 2. The highest BCUT2D eigenvalue weighted by molar-refractivity contribution is 6.38. The van der Waals surface area contributed by atoms with E-state index in [1.54, 1.807) is 0 Å². The molecule has 98 valence electrons. The van der Waals surface area contributed by atoms with E-state index in [-0.39, 0.29) is 6.79 Å². The van der Waals surface area contributed by atoms with E-state index in [1.165, 1.54) is 0 Å². The number of halogens is 1. The van der Waals surface area contributed by atoms with Crippen LogP contribution in [0.5, 0.6) is 11.5 Å². The van der Waals surface area contributed by atoms with Crippen LogP contribution < -0.4 is 9.47 Å². The van der Waals surface area contributed by atoms with Crippen molar-refractivity contribution in [2.45, 2.75) is 0 Å². The number of hydrogen-bond donors (Lipinski definition) is 0. The van der Waals surface area contributed by atoms with Gasteiger partial charge in [0.05, 0.1) is 10.7 Å². The molecule has 0 atom stereocenters. The Balaban J connectivity index is 1.97. The third-order valence-corrected chi connectivity index (χ3v) is 3.75. The largest absolute Gasteiger partial charge is 0.454 e. The van der Waals surface area contributed by atoms with Gasteiger partial charge < -0.3 is 9.47 Å². The molecule has 3 nitrogen and oxygen atoms in total. The summed E-state index contributed by atoms with van der Waals surface area (Å²) in [6.45, 7) is 0.252. The highest BCUT2D eigenvalue weighted by Crippen LogP contribution is 2.40. The molecule has 1 aliphatic rings. The molecule has 0 radical (unpaired) electrons. The molecule has 2 heterocycles. The number of rotatable bonds is 1. The minimum absolute atomic E-state index is 0.252. The van der Waals surface area contributed by atoms with Crippen molar-refractivity contribution >= 4 is 22.4 Å². The summed E-state index contributed by atoms with van der Waals surface area (Å²) in [5.41, 5.74) is 1.77. The number of hydrogen-bond acceptors (Lipinski definition) is 3. The lowest BCUT2D eigenvalue weighted by Gasteiger charge is -2.08. The van der Waals surface area contributed by atoms with Crippen LogP contribution in [0.25, 0.3) is 22.0 Å².